The molecule has 12 heavy (non-hydrogen) atoms. The topological polar surface area (TPSA) is 45.8 Å². The van der Waals surface area contributed by atoms with E-state index in [4.69, 9.17) is 0 Å². The molecule has 1 fully saturated rings. The number of nitrogens with one attached hydrogen (secondary N) is 1. The lowest BCUT2D eigenvalue weighted by Gasteiger charge is -2.24. The van der Waals surface area contributed by atoms with Crippen LogP contribution in [0.25, 0.3) is 0 Å². The maximum Gasteiger partial charge on any atom is 0.345 e. The summed E-state index contributed by atoms with van der Waals surface area (Å²) >= 11 is 0. The molecule has 3 nitrogen and oxygen atoms in total. The summed E-state index contributed by atoms with van der Waals surface area (Å²) in [5, 5.41) is 0. The van der Waals surface area contributed by atoms with E-state index in [2.05, 4.69) is 9.97 Å². The van der Waals surface area contributed by atoms with Crippen LogP contribution in [0.4, 0.5) is 0 Å². The number of rotatable bonds is 1. The Morgan fingerprint density at radius 1 is 1.58 bits per heavy atom. The van der Waals surface area contributed by atoms with Gasteiger partial charge in [-0.2, -0.15) is 4.98 Å². The highest BCUT2D eigenvalue weighted by Gasteiger charge is 2.21. The van der Waals surface area contributed by atoms with Crippen molar-refractivity contribution in [3.05, 3.63) is 27.9 Å². The van der Waals surface area contributed by atoms with Gasteiger partial charge in [0.15, 0.2) is 0 Å². The molecule has 64 valence electrons. The maximum absolute atomic E-state index is 11.0. The van der Waals surface area contributed by atoms with Crippen molar-refractivity contribution in [3.63, 3.8) is 0 Å². The minimum atomic E-state index is -0.211. The normalized spacial score (nSPS) is 17.4. The van der Waals surface area contributed by atoms with Gasteiger partial charge in [-0.15, -0.1) is 0 Å². The maximum atomic E-state index is 11.0. The second kappa shape index (κ2) is 2.73. The van der Waals surface area contributed by atoms with Crippen molar-refractivity contribution in [3.8, 4) is 0 Å². The molecule has 1 aromatic rings. The number of aromatic amines is 1. The highest BCUT2D eigenvalue weighted by Crippen LogP contribution is 2.34. The van der Waals surface area contributed by atoms with Crippen molar-refractivity contribution in [2.75, 3.05) is 0 Å². The Kier molecular flexibility index (Phi) is 1.71. The van der Waals surface area contributed by atoms with Crippen LogP contribution in [-0.2, 0) is 0 Å². The summed E-state index contributed by atoms with van der Waals surface area (Å²) in [6.45, 7) is 1.89. The van der Waals surface area contributed by atoms with Crippen LogP contribution in [0.1, 0.15) is 36.6 Å². The minimum absolute atomic E-state index is 0.211. The molecule has 0 aliphatic heterocycles. The Labute approximate surface area is 70.9 Å². The highest BCUT2D eigenvalue weighted by molar-refractivity contribution is 5.13. The molecular weight excluding hydrogens is 152 g/mol. The first-order chi connectivity index (χ1) is 5.75. The Bertz CT molecular complexity index is 339. The highest BCUT2D eigenvalue weighted by atomic mass is 16.1. The molecule has 1 aliphatic carbocycles. The van der Waals surface area contributed by atoms with Crippen molar-refractivity contribution in [1.82, 2.24) is 9.97 Å². The van der Waals surface area contributed by atoms with Crippen LogP contribution in [0.2, 0.25) is 0 Å². The number of hydrogen-bond acceptors (Lipinski definition) is 2. The molecule has 0 radical (unpaired) electrons. The predicted octanol–water partition coefficient (Wildman–Crippen LogP) is 1.35. The Balaban J connectivity index is 2.36. The Hall–Kier alpha value is -1.12. The predicted molar refractivity (Wildman–Crippen MR) is 46.2 cm³/mol. The van der Waals surface area contributed by atoms with Gasteiger partial charge in [-0.1, -0.05) is 6.42 Å². The number of nitrogens with zero attached hydrogens (tertiary/aromatic N) is 1. The molecule has 1 N–H and O–H groups in total. The minimum Gasteiger partial charge on any atom is -0.310 e. The summed E-state index contributed by atoms with van der Waals surface area (Å²) in [6.07, 6.45) is 3.66. The van der Waals surface area contributed by atoms with Crippen LogP contribution in [0, 0.1) is 6.92 Å². The lowest BCUT2D eigenvalue weighted by Crippen LogP contribution is -2.19. The average Bonchev–Trinajstić information content (AvgIpc) is 1.79. The largest absolute Gasteiger partial charge is 0.345 e. The third kappa shape index (κ3) is 1.26. The molecule has 0 saturated heterocycles. The first kappa shape index (κ1) is 7.53. The van der Waals surface area contributed by atoms with Crippen LogP contribution >= 0.6 is 0 Å². The van der Waals surface area contributed by atoms with Gasteiger partial charge in [0.25, 0.3) is 0 Å². The van der Waals surface area contributed by atoms with Crippen molar-refractivity contribution in [2.24, 2.45) is 0 Å². The van der Waals surface area contributed by atoms with Crippen LogP contribution < -0.4 is 5.69 Å². The van der Waals surface area contributed by atoms with E-state index in [0.717, 1.165) is 11.4 Å². The third-order valence-electron chi connectivity index (χ3n) is 2.42. The molecule has 0 spiro atoms. The second-order valence-electron chi connectivity index (χ2n) is 3.42. The van der Waals surface area contributed by atoms with Gasteiger partial charge in [0.2, 0.25) is 0 Å². The molecular formula is C9H12N2O. The van der Waals surface area contributed by atoms with E-state index >= 15 is 0 Å². The Morgan fingerprint density at radius 2 is 2.33 bits per heavy atom. The summed E-state index contributed by atoms with van der Waals surface area (Å²) in [5.74, 6) is 0.547. The quantitative estimate of drug-likeness (QED) is 0.680. The fourth-order valence-corrected chi connectivity index (χ4v) is 1.52. The zero-order valence-corrected chi connectivity index (χ0v) is 7.13. The summed E-state index contributed by atoms with van der Waals surface area (Å²) < 4.78 is 0. The number of hydrogen-bond donors (Lipinski definition) is 1. The number of H-pyrrole nitrogens is 1. The first-order valence-electron chi connectivity index (χ1n) is 4.33. The third-order valence-corrected chi connectivity index (χ3v) is 2.42. The van der Waals surface area contributed by atoms with Gasteiger partial charge in [0.05, 0.1) is 5.69 Å². The van der Waals surface area contributed by atoms with Crippen LogP contribution in [0.5, 0.6) is 0 Å². The van der Waals surface area contributed by atoms with E-state index in [9.17, 15) is 4.79 Å². The second-order valence-corrected chi connectivity index (χ2v) is 3.42. The summed E-state index contributed by atoms with van der Waals surface area (Å²) in [5.41, 5.74) is 1.68. The number of aryl methyl sites for hydroxylation is 1. The van der Waals surface area contributed by atoms with Gasteiger partial charge in [-0.05, 0) is 25.8 Å². The van der Waals surface area contributed by atoms with Gasteiger partial charge in [-0.25, -0.2) is 4.79 Å². The van der Waals surface area contributed by atoms with Gasteiger partial charge in [0.1, 0.15) is 0 Å². The van der Waals surface area contributed by atoms with Crippen LogP contribution in [-0.4, -0.2) is 9.97 Å². The molecule has 1 heterocycles. The number of aromatic nitrogens is 2. The van der Waals surface area contributed by atoms with E-state index < -0.39 is 0 Å². The molecule has 0 bridgehead atoms. The summed E-state index contributed by atoms with van der Waals surface area (Å²) in [7, 11) is 0. The SMILES string of the molecule is Cc1cc(C2CCC2)nc(=O)[nH]1. The lowest BCUT2D eigenvalue weighted by molar-refractivity contribution is 0.409. The molecule has 3 heteroatoms. The van der Waals surface area contributed by atoms with Crippen molar-refractivity contribution in [2.45, 2.75) is 32.1 Å². The first-order valence-corrected chi connectivity index (χ1v) is 4.33. The summed E-state index contributed by atoms with van der Waals surface area (Å²) in [6, 6.07) is 1.98. The van der Waals surface area contributed by atoms with Crippen LogP contribution in [0.3, 0.4) is 0 Å². The van der Waals surface area contributed by atoms with Crippen LogP contribution in [0.15, 0.2) is 10.9 Å². The van der Waals surface area contributed by atoms with Gasteiger partial charge < -0.3 is 4.98 Å². The average molecular weight is 164 g/mol. The fraction of sp³-hybridized carbons (Fsp3) is 0.556. The molecule has 0 atom stereocenters. The lowest BCUT2D eigenvalue weighted by atomic mass is 9.83. The molecule has 2 rings (SSSR count). The van der Waals surface area contributed by atoms with E-state index in [0.29, 0.717) is 5.92 Å². The zero-order valence-electron chi connectivity index (χ0n) is 7.13. The van der Waals surface area contributed by atoms with Crippen molar-refractivity contribution < 1.29 is 0 Å². The summed E-state index contributed by atoms with van der Waals surface area (Å²) in [4.78, 5) is 17.6. The van der Waals surface area contributed by atoms with Crippen molar-refractivity contribution >= 4 is 0 Å². The Morgan fingerprint density at radius 3 is 2.83 bits per heavy atom. The molecule has 1 aliphatic rings. The van der Waals surface area contributed by atoms with Gasteiger partial charge in [-0.3, -0.25) is 0 Å². The molecule has 1 saturated carbocycles. The van der Waals surface area contributed by atoms with Crippen molar-refractivity contribution in [1.29, 1.82) is 0 Å². The van der Waals surface area contributed by atoms with E-state index in [1.165, 1.54) is 19.3 Å². The molecule has 0 aromatic carbocycles. The zero-order chi connectivity index (χ0) is 8.55. The molecule has 0 amide bonds. The molecule has 1 aromatic heterocycles. The smallest absolute Gasteiger partial charge is 0.310 e. The monoisotopic (exact) mass is 164 g/mol. The van der Waals surface area contributed by atoms with Gasteiger partial charge >= 0.3 is 5.69 Å². The fourth-order valence-electron chi connectivity index (χ4n) is 1.52. The van der Waals surface area contributed by atoms with Gasteiger partial charge in [0, 0.05) is 11.6 Å². The van der Waals surface area contributed by atoms with E-state index in [1.54, 1.807) is 0 Å². The van der Waals surface area contributed by atoms with E-state index in [-0.39, 0.29) is 5.69 Å². The van der Waals surface area contributed by atoms with E-state index in [1.807, 2.05) is 13.0 Å². The standard InChI is InChI=1S/C9H12N2O/c1-6-5-8(7-3-2-4-7)11-9(12)10-6/h5,7H,2-4H2,1H3,(H,10,11,12). The molecule has 0 unspecified atom stereocenters.